The second-order valence-electron chi connectivity index (χ2n) is 4.94. The highest BCUT2D eigenvalue weighted by molar-refractivity contribution is 9.09. The number of halogens is 1. The summed E-state index contributed by atoms with van der Waals surface area (Å²) in [6.45, 7) is 1.33. The summed E-state index contributed by atoms with van der Waals surface area (Å²) in [4.78, 5) is 11.0. The standard InChI is InChI=1S/C11H17BrN4O3S2/c1-7(17)13-10-14-15-11(20-10)21(18,19)16-9-6-4-2-3-5-8(9)12/h8-9,16H,2-6H2,1H3,(H,13,14,17). The quantitative estimate of drug-likeness (QED) is 0.459. The lowest BCUT2D eigenvalue weighted by Crippen LogP contribution is -2.40. The van der Waals surface area contributed by atoms with Gasteiger partial charge in [0, 0.05) is 17.8 Å². The van der Waals surface area contributed by atoms with Gasteiger partial charge in [0.2, 0.25) is 15.4 Å². The first kappa shape index (κ1) is 16.8. The molecule has 10 heteroatoms. The molecule has 2 rings (SSSR count). The van der Waals surface area contributed by atoms with Crippen LogP contribution < -0.4 is 10.0 Å². The van der Waals surface area contributed by atoms with Gasteiger partial charge >= 0.3 is 0 Å². The van der Waals surface area contributed by atoms with E-state index in [1.165, 1.54) is 6.92 Å². The summed E-state index contributed by atoms with van der Waals surface area (Å²) in [5, 5.41) is 9.91. The molecule has 1 amide bonds. The number of rotatable bonds is 4. The third-order valence-electron chi connectivity index (χ3n) is 3.16. The molecule has 1 aromatic rings. The number of anilines is 1. The Kier molecular flexibility index (Phi) is 5.69. The van der Waals surface area contributed by atoms with Crippen molar-refractivity contribution in [1.82, 2.24) is 14.9 Å². The molecule has 1 aliphatic carbocycles. The Morgan fingerprint density at radius 1 is 1.29 bits per heavy atom. The number of aromatic nitrogens is 2. The summed E-state index contributed by atoms with van der Waals surface area (Å²) in [6, 6.07) is -0.148. The van der Waals surface area contributed by atoms with Gasteiger partial charge in [0.15, 0.2) is 0 Å². The van der Waals surface area contributed by atoms with Crippen molar-refractivity contribution < 1.29 is 13.2 Å². The average molecular weight is 397 g/mol. The third-order valence-corrected chi connectivity index (χ3v) is 6.95. The van der Waals surface area contributed by atoms with E-state index in [4.69, 9.17) is 0 Å². The van der Waals surface area contributed by atoms with Crippen molar-refractivity contribution in [2.24, 2.45) is 0 Å². The maximum absolute atomic E-state index is 12.3. The van der Waals surface area contributed by atoms with E-state index < -0.39 is 10.0 Å². The number of sulfonamides is 1. The summed E-state index contributed by atoms with van der Waals surface area (Å²) in [6.07, 6.45) is 4.96. The van der Waals surface area contributed by atoms with Crippen LogP contribution in [0.5, 0.6) is 0 Å². The number of nitrogens with one attached hydrogen (secondary N) is 2. The van der Waals surface area contributed by atoms with Gasteiger partial charge in [0.1, 0.15) is 0 Å². The van der Waals surface area contributed by atoms with Crippen LogP contribution in [0, 0.1) is 0 Å². The number of hydrogen-bond donors (Lipinski definition) is 2. The minimum absolute atomic E-state index is 0.123. The molecule has 2 N–H and O–H groups in total. The number of amides is 1. The number of hydrogen-bond acceptors (Lipinski definition) is 6. The first-order chi connectivity index (χ1) is 9.88. The zero-order valence-electron chi connectivity index (χ0n) is 11.5. The van der Waals surface area contributed by atoms with Crippen LogP contribution in [-0.2, 0) is 14.8 Å². The maximum atomic E-state index is 12.3. The summed E-state index contributed by atoms with van der Waals surface area (Å²) < 4.78 is 27.2. The van der Waals surface area contributed by atoms with Crippen LogP contribution in [0.4, 0.5) is 5.13 Å². The number of carbonyl (C=O) groups excluding carboxylic acids is 1. The maximum Gasteiger partial charge on any atom is 0.270 e. The Labute approximate surface area is 136 Å². The average Bonchev–Trinajstić information content (AvgIpc) is 2.76. The Bertz CT molecular complexity index is 604. The largest absolute Gasteiger partial charge is 0.301 e. The van der Waals surface area contributed by atoms with E-state index in [1.807, 2.05) is 0 Å². The third kappa shape index (κ3) is 4.70. The molecule has 7 nitrogen and oxygen atoms in total. The Hall–Kier alpha value is -0.580. The van der Waals surface area contributed by atoms with Crippen LogP contribution in [0.1, 0.15) is 39.0 Å². The van der Waals surface area contributed by atoms with Crippen molar-refractivity contribution in [2.45, 2.75) is 54.2 Å². The van der Waals surface area contributed by atoms with Crippen molar-refractivity contribution in [1.29, 1.82) is 0 Å². The molecule has 1 heterocycles. The van der Waals surface area contributed by atoms with Crippen molar-refractivity contribution in [3.8, 4) is 0 Å². The zero-order chi connectivity index (χ0) is 15.5. The van der Waals surface area contributed by atoms with Gasteiger partial charge in [-0.05, 0) is 12.8 Å². The monoisotopic (exact) mass is 396 g/mol. The number of nitrogens with zero attached hydrogens (tertiary/aromatic N) is 2. The lowest BCUT2D eigenvalue weighted by molar-refractivity contribution is -0.114. The molecule has 0 aliphatic heterocycles. The summed E-state index contributed by atoms with van der Waals surface area (Å²) in [5.74, 6) is -0.313. The molecule has 0 spiro atoms. The lowest BCUT2D eigenvalue weighted by Gasteiger charge is -2.20. The molecule has 0 aromatic carbocycles. The van der Waals surface area contributed by atoms with E-state index in [2.05, 4.69) is 36.2 Å². The molecular weight excluding hydrogens is 380 g/mol. The summed E-state index contributed by atoms with van der Waals surface area (Å²) in [7, 11) is -3.71. The molecule has 2 atom stereocenters. The van der Waals surface area contributed by atoms with E-state index in [-0.39, 0.29) is 26.2 Å². The minimum Gasteiger partial charge on any atom is -0.301 e. The second-order valence-corrected chi connectivity index (χ2v) is 8.98. The van der Waals surface area contributed by atoms with Crippen molar-refractivity contribution in [2.75, 3.05) is 5.32 Å². The van der Waals surface area contributed by atoms with Gasteiger partial charge in [-0.2, -0.15) is 0 Å². The molecule has 1 saturated carbocycles. The van der Waals surface area contributed by atoms with Crippen molar-refractivity contribution in [3.05, 3.63) is 0 Å². The van der Waals surface area contributed by atoms with Crippen LogP contribution in [0.25, 0.3) is 0 Å². The lowest BCUT2D eigenvalue weighted by atomic mass is 10.1. The highest BCUT2D eigenvalue weighted by Gasteiger charge is 2.29. The first-order valence-electron chi connectivity index (χ1n) is 6.66. The molecule has 1 fully saturated rings. The van der Waals surface area contributed by atoms with Gasteiger partial charge in [0.05, 0.1) is 0 Å². The zero-order valence-corrected chi connectivity index (χ0v) is 14.7. The van der Waals surface area contributed by atoms with E-state index in [0.717, 1.165) is 43.4 Å². The molecule has 0 radical (unpaired) electrons. The van der Waals surface area contributed by atoms with E-state index >= 15 is 0 Å². The summed E-state index contributed by atoms with van der Waals surface area (Å²) >= 11 is 4.39. The number of carbonyl (C=O) groups is 1. The van der Waals surface area contributed by atoms with Crippen LogP contribution in [0.3, 0.4) is 0 Å². The van der Waals surface area contributed by atoms with Crippen LogP contribution in [0.15, 0.2) is 4.34 Å². The first-order valence-corrected chi connectivity index (χ1v) is 9.87. The van der Waals surface area contributed by atoms with E-state index in [1.54, 1.807) is 0 Å². The molecule has 0 bridgehead atoms. The predicted molar refractivity (Wildman–Crippen MR) is 84.1 cm³/mol. The Morgan fingerprint density at radius 2 is 2.00 bits per heavy atom. The van der Waals surface area contributed by atoms with Crippen molar-refractivity contribution in [3.63, 3.8) is 0 Å². The highest BCUT2D eigenvalue weighted by Crippen LogP contribution is 2.26. The van der Waals surface area contributed by atoms with Crippen LogP contribution in [0.2, 0.25) is 0 Å². The van der Waals surface area contributed by atoms with Gasteiger partial charge in [-0.25, -0.2) is 13.1 Å². The minimum atomic E-state index is -3.71. The molecule has 1 aliphatic rings. The molecule has 118 valence electrons. The van der Waals surface area contributed by atoms with Gasteiger partial charge in [-0.3, -0.25) is 4.79 Å². The SMILES string of the molecule is CC(=O)Nc1nnc(S(=O)(=O)NC2CCCCCC2Br)s1. The smallest absolute Gasteiger partial charge is 0.270 e. The molecular formula is C11H17BrN4O3S2. The van der Waals surface area contributed by atoms with Gasteiger partial charge in [-0.15, -0.1) is 10.2 Å². The van der Waals surface area contributed by atoms with Gasteiger partial charge in [-0.1, -0.05) is 46.5 Å². The highest BCUT2D eigenvalue weighted by atomic mass is 79.9. The number of alkyl halides is 1. The fourth-order valence-corrected chi connectivity index (χ4v) is 5.33. The molecule has 0 saturated heterocycles. The molecule has 1 aromatic heterocycles. The molecule has 2 unspecified atom stereocenters. The predicted octanol–water partition coefficient (Wildman–Crippen LogP) is 1.87. The van der Waals surface area contributed by atoms with Gasteiger partial charge < -0.3 is 5.32 Å². The normalized spacial score (nSPS) is 23.5. The second kappa shape index (κ2) is 7.12. The fourth-order valence-electron chi connectivity index (χ4n) is 2.16. The van der Waals surface area contributed by atoms with Crippen molar-refractivity contribution >= 4 is 48.3 Å². The van der Waals surface area contributed by atoms with E-state index in [9.17, 15) is 13.2 Å². The Morgan fingerprint density at radius 3 is 2.71 bits per heavy atom. The van der Waals surface area contributed by atoms with Gasteiger partial charge in [0.25, 0.3) is 10.0 Å². The van der Waals surface area contributed by atoms with E-state index in [0.29, 0.717) is 0 Å². The van der Waals surface area contributed by atoms with Crippen LogP contribution >= 0.6 is 27.3 Å². The Balaban J connectivity index is 2.10. The van der Waals surface area contributed by atoms with Crippen LogP contribution in [-0.4, -0.2) is 35.4 Å². The summed E-state index contributed by atoms with van der Waals surface area (Å²) in [5.41, 5.74) is 0. The topological polar surface area (TPSA) is 101 Å². The molecule has 21 heavy (non-hydrogen) atoms. The fraction of sp³-hybridized carbons (Fsp3) is 0.727.